The average molecular weight is 499 g/mol. The van der Waals surface area contributed by atoms with Crippen LogP contribution in [0.1, 0.15) is 23.6 Å². The SMILES string of the molecule is O=S(=O)(c1ccc2c(c1)OCCCO2)N1CCN(C(c2ccccc2)c2ccc(Cl)cc2)CC1. The molecule has 1 unspecified atom stereocenters. The van der Waals surface area contributed by atoms with Gasteiger partial charge in [0.05, 0.1) is 24.2 Å². The lowest BCUT2D eigenvalue weighted by atomic mass is 9.96. The highest BCUT2D eigenvalue weighted by atomic mass is 35.5. The fraction of sp³-hybridized carbons (Fsp3) is 0.308. The van der Waals surface area contributed by atoms with Gasteiger partial charge in [0.25, 0.3) is 0 Å². The Kier molecular flexibility index (Phi) is 6.79. The minimum Gasteiger partial charge on any atom is -0.490 e. The van der Waals surface area contributed by atoms with E-state index in [1.165, 1.54) is 5.56 Å². The summed E-state index contributed by atoms with van der Waals surface area (Å²) in [5, 5.41) is 0.696. The number of piperazine rings is 1. The van der Waals surface area contributed by atoms with E-state index >= 15 is 0 Å². The molecule has 0 radical (unpaired) electrons. The fourth-order valence-corrected chi connectivity index (χ4v) is 6.11. The van der Waals surface area contributed by atoms with E-state index < -0.39 is 10.0 Å². The Bertz CT molecular complexity index is 1230. The summed E-state index contributed by atoms with van der Waals surface area (Å²) in [5.74, 6) is 1.08. The molecule has 2 aliphatic rings. The molecule has 0 saturated carbocycles. The lowest BCUT2D eigenvalue weighted by molar-refractivity contribution is 0.156. The number of benzene rings is 3. The molecule has 1 fully saturated rings. The highest BCUT2D eigenvalue weighted by Crippen LogP contribution is 2.34. The predicted molar refractivity (Wildman–Crippen MR) is 132 cm³/mol. The zero-order valence-electron chi connectivity index (χ0n) is 18.8. The molecule has 0 amide bonds. The summed E-state index contributed by atoms with van der Waals surface area (Å²) in [6.45, 7) is 3.14. The molecule has 0 spiro atoms. The van der Waals surface area contributed by atoms with Crippen LogP contribution in [0.3, 0.4) is 0 Å². The molecule has 1 atom stereocenters. The molecule has 178 valence electrons. The zero-order valence-corrected chi connectivity index (χ0v) is 20.3. The number of rotatable bonds is 5. The van der Waals surface area contributed by atoms with Crippen LogP contribution < -0.4 is 9.47 Å². The molecular weight excluding hydrogens is 472 g/mol. The summed E-state index contributed by atoms with van der Waals surface area (Å²) in [6, 6.07) is 23.1. The number of hydrogen-bond acceptors (Lipinski definition) is 5. The van der Waals surface area contributed by atoms with Crippen LogP contribution in [0.4, 0.5) is 0 Å². The van der Waals surface area contributed by atoms with E-state index in [1.54, 1.807) is 22.5 Å². The highest BCUT2D eigenvalue weighted by molar-refractivity contribution is 7.89. The molecule has 0 N–H and O–H groups in total. The van der Waals surface area contributed by atoms with Gasteiger partial charge < -0.3 is 9.47 Å². The van der Waals surface area contributed by atoms with Gasteiger partial charge in [0.15, 0.2) is 11.5 Å². The molecule has 5 rings (SSSR count). The number of nitrogens with zero attached hydrogens (tertiary/aromatic N) is 2. The zero-order chi connectivity index (χ0) is 23.5. The summed E-state index contributed by atoms with van der Waals surface area (Å²) in [7, 11) is -3.64. The van der Waals surface area contributed by atoms with Crippen molar-refractivity contribution in [2.24, 2.45) is 0 Å². The van der Waals surface area contributed by atoms with E-state index in [0.717, 1.165) is 12.0 Å². The monoisotopic (exact) mass is 498 g/mol. The van der Waals surface area contributed by atoms with E-state index in [1.807, 2.05) is 42.5 Å². The quantitative estimate of drug-likeness (QED) is 0.514. The fourth-order valence-electron chi connectivity index (χ4n) is 4.55. The maximum absolute atomic E-state index is 13.4. The third kappa shape index (κ3) is 4.79. The first-order valence-electron chi connectivity index (χ1n) is 11.5. The lowest BCUT2D eigenvalue weighted by Crippen LogP contribution is -2.49. The third-order valence-corrected chi connectivity index (χ3v) is 8.44. The average Bonchev–Trinajstić information content (AvgIpc) is 3.11. The summed E-state index contributed by atoms with van der Waals surface area (Å²) < 4.78 is 39.7. The normalized spacial score (nSPS) is 18.3. The topological polar surface area (TPSA) is 59.1 Å². The van der Waals surface area contributed by atoms with Gasteiger partial charge >= 0.3 is 0 Å². The van der Waals surface area contributed by atoms with E-state index in [9.17, 15) is 8.42 Å². The first kappa shape index (κ1) is 23.2. The van der Waals surface area contributed by atoms with Crippen molar-refractivity contribution in [3.63, 3.8) is 0 Å². The minimum absolute atomic E-state index is 0.0290. The Hall–Kier alpha value is -2.58. The standard InChI is InChI=1S/C26H27ClN2O4S/c27-22-9-7-21(8-10-22)26(20-5-2-1-3-6-20)28-13-15-29(16-14-28)34(30,31)23-11-12-24-25(19-23)33-18-4-17-32-24/h1-3,5-12,19,26H,4,13-18H2. The second-order valence-electron chi connectivity index (χ2n) is 8.46. The molecule has 34 heavy (non-hydrogen) atoms. The van der Waals surface area contributed by atoms with Gasteiger partial charge in [-0.3, -0.25) is 4.90 Å². The van der Waals surface area contributed by atoms with Gasteiger partial charge in [0, 0.05) is 43.7 Å². The minimum atomic E-state index is -3.64. The molecule has 0 bridgehead atoms. The molecule has 1 saturated heterocycles. The van der Waals surface area contributed by atoms with Crippen LogP contribution in [-0.4, -0.2) is 57.0 Å². The van der Waals surface area contributed by atoms with E-state index in [4.69, 9.17) is 21.1 Å². The number of ether oxygens (including phenoxy) is 2. The lowest BCUT2D eigenvalue weighted by Gasteiger charge is -2.39. The summed E-state index contributed by atoms with van der Waals surface area (Å²) >= 11 is 6.13. The van der Waals surface area contributed by atoms with E-state index in [2.05, 4.69) is 17.0 Å². The Morgan fingerprint density at radius 1 is 0.765 bits per heavy atom. The van der Waals surface area contributed by atoms with Crippen LogP contribution >= 0.6 is 11.6 Å². The smallest absolute Gasteiger partial charge is 0.243 e. The van der Waals surface area contributed by atoms with Gasteiger partial charge in [0.2, 0.25) is 10.0 Å². The molecule has 8 heteroatoms. The van der Waals surface area contributed by atoms with Crippen molar-refractivity contribution >= 4 is 21.6 Å². The second kappa shape index (κ2) is 9.96. The Morgan fingerprint density at radius 3 is 2.12 bits per heavy atom. The van der Waals surface area contributed by atoms with Crippen molar-refractivity contribution in [1.29, 1.82) is 0 Å². The molecule has 3 aromatic rings. The van der Waals surface area contributed by atoms with Crippen molar-refractivity contribution in [1.82, 2.24) is 9.21 Å². The molecule has 2 heterocycles. The number of hydrogen-bond donors (Lipinski definition) is 0. The molecule has 0 aromatic heterocycles. The van der Waals surface area contributed by atoms with Crippen LogP contribution in [0.15, 0.2) is 77.7 Å². The van der Waals surface area contributed by atoms with Gasteiger partial charge in [-0.05, 0) is 35.4 Å². The number of sulfonamides is 1. The van der Waals surface area contributed by atoms with Gasteiger partial charge in [-0.25, -0.2) is 8.42 Å². The van der Waals surface area contributed by atoms with Gasteiger partial charge in [-0.2, -0.15) is 4.31 Å². The molecule has 3 aromatic carbocycles. The van der Waals surface area contributed by atoms with Crippen molar-refractivity contribution < 1.29 is 17.9 Å². The Balaban J connectivity index is 1.35. The molecule has 0 aliphatic carbocycles. The summed E-state index contributed by atoms with van der Waals surface area (Å²) in [4.78, 5) is 2.57. The molecular formula is C26H27ClN2O4S. The van der Waals surface area contributed by atoms with E-state index in [0.29, 0.717) is 55.9 Å². The van der Waals surface area contributed by atoms with Gasteiger partial charge in [0.1, 0.15) is 0 Å². The number of halogens is 1. The van der Waals surface area contributed by atoms with Crippen LogP contribution in [0.25, 0.3) is 0 Å². The third-order valence-electron chi connectivity index (χ3n) is 6.30. The first-order valence-corrected chi connectivity index (χ1v) is 13.3. The van der Waals surface area contributed by atoms with Gasteiger partial charge in [-0.1, -0.05) is 54.1 Å². The van der Waals surface area contributed by atoms with Crippen LogP contribution in [0.5, 0.6) is 11.5 Å². The van der Waals surface area contributed by atoms with E-state index in [-0.39, 0.29) is 10.9 Å². The summed E-state index contributed by atoms with van der Waals surface area (Å²) in [6.07, 6.45) is 0.773. The first-order chi connectivity index (χ1) is 16.5. The van der Waals surface area contributed by atoms with Crippen molar-refractivity contribution in [3.05, 3.63) is 88.9 Å². The van der Waals surface area contributed by atoms with Gasteiger partial charge in [-0.15, -0.1) is 0 Å². The Morgan fingerprint density at radius 2 is 1.41 bits per heavy atom. The summed E-state index contributed by atoms with van der Waals surface area (Å²) in [5.41, 5.74) is 2.30. The van der Waals surface area contributed by atoms with Crippen molar-refractivity contribution in [2.45, 2.75) is 17.4 Å². The van der Waals surface area contributed by atoms with Crippen LogP contribution in [-0.2, 0) is 10.0 Å². The number of fused-ring (bicyclic) bond motifs is 1. The maximum Gasteiger partial charge on any atom is 0.243 e. The molecule has 2 aliphatic heterocycles. The van der Waals surface area contributed by atoms with Crippen LogP contribution in [0.2, 0.25) is 5.02 Å². The largest absolute Gasteiger partial charge is 0.490 e. The second-order valence-corrected chi connectivity index (χ2v) is 10.8. The molecule has 6 nitrogen and oxygen atoms in total. The maximum atomic E-state index is 13.4. The highest BCUT2D eigenvalue weighted by Gasteiger charge is 2.33. The van der Waals surface area contributed by atoms with Crippen molar-refractivity contribution in [2.75, 3.05) is 39.4 Å². The predicted octanol–water partition coefficient (Wildman–Crippen LogP) is 4.60. The van der Waals surface area contributed by atoms with Crippen molar-refractivity contribution in [3.8, 4) is 11.5 Å². The Labute approximate surface area is 205 Å². The van der Waals surface area contributed by atoms with Crippen LogP contribution in [0, 0.1) is 0 Å².